The Morgan fingerprint density at radius 2 is 2.16 bits per heavy atom. The van der Waals surface area contributed by atoms with Crippen LogP contribution >= 0.6 is 11.3 Å². The third-order valence-corrected chi connectivity index (χ3v) is 4.33. The molecule has 0 aromatic carbocycles. The van der Waals surface area contributed by atoms with Gasteiger partial charge in [0.15, 0.2) is 0 Å². The minimum absolute atomic E-state index is 0.243. The molecule has 19 heavy (non-hydrogen) atoms. The van der Waals surface area contributed by atoms with Crippen LogP contribution in [0.2, 0.25) is 0 Å². The van der Waals surface area contributed by atoms with Crippen molar-refractivity contribution in [3.05, 3.63) is 27.6 Å². The second-order valence-corrected chi connectivity index (χ2v) is 6.20. The fraction of sp³-hybridized carbons (Fsp3) is 0.500. The van der Waals surface area contributed by atoms with E-state index in [0.717, 1.165) is 30.2 Å². The Bertz CT molecular complexity index is 556. The lowest BCUT2D eigenvalue weighted by atomic mass is 10.2. The first-order chi connectivity index (χ1) is 9.02. The van der Waals surface area contributed by atoms with Gasteiger partial charge in [0.05, 0.1) is 17.4 Å². The van der Waals surface area contributed by atoms with Crippen LogP contribution in [0.3, 0.4) is 0 Å². The van der Waals surface area contributed by atoms with E-state index < -0.39 is 0 Å². The highest BCUT2D eigenvalue weighted by molar-refractivity contribution is 7.12. The molecular formula is C14H22N4S. The number of aromatic nitrogens is 2. The smallest absolute Gasteiger partial charge is 0.148 e. The van der Waals surface area contributed by atoms with Crippen LogP contribution in [-0.4, -0.2) is 9.78 Å². The number of nitrogens with zero attached hydrogens (tertiary/aromatic N) is 2. The summed E-state index contributed by atoms with van der Waals surface area (Å²) in [5.74, 6) is 0.943. The Balaban J connectivity index is 2.22. The van der Waals surface area contributed by atoms with Crippen molar-refractivity contribution < 1.29 is 0 Å². The minimum atomic E-state index is 0.243. The molecule has 0 saturated heterocycles. The molecule has 0 saturated carbocycles. The van der Waals surface area contributed by atoms with Crippen molar-refractivity contribution in [2.24, 2.45) is 0 Å². The summed E-state index contributed by atoms with van der Waals surface area (Å²) in [6.45, 7) is 9.26. The summed E-state index contributed by atoms with van der Waals surface area (Å²) in [6.07, 6.45) is 1.04. The quantitative estimate of drug-likeness (QED) is 0.876. The van der Waals surface area contributed by atoms with Crippen LogP contribution < -0.4 is 11.1 Å². The topological polar surface area (TPSA) is 55.9 Å². The zero-order chi connectivity index (χ0) is 14.0. The maximum atomic E-state index is 6.12. The largest absolute Gasteiger partial charge is 0.394 e. The van der Waals surface area contributed by atoms with Gasteiger partial charge in [0.2, 0.25) is 0 Å². The predicted molar refractivity (Wildman–Crippen MR) is 82.8 cm³/mol. The van der Waals surface area contributed by atoms with Crippen LogP contribution in [0.25, 0.3) is 0 Å². The second kappa shape index (κ2) is 5.65. The van der Waals surface area contributed by atoms with E-state index >= 15 is 0 Å². The van der Waals surface area contributed by atoms with E-state index in [0.29, 0.717) is 0 Å². The highest BCUT2D eigenvalue weighted by Crippen LogP contribution is 2.29. The van der Waals surface area contributed by atoms with Crippen LogP contribution in [0.1, 0.15) is 41.8 Å². The van der Waals surface area contributed by atoms with Gasteiger partial charge in [-0.2, -0.15) is 5.10 Å². The van der Waals surface area contributed by atoms with Gasteiger partial charge in [-0.05, 0) is 39.3 Å². The first-order valence-corrected chi connectivity index (χ1v) is 7.50. The van der Waals surface area contributed by atoms with E-state index in [9.17, 15) is 0 Å². The molecule has 1 unspecified atom stereocenters. The van der Waals surface area contributed by atoms with E-state index in [1.54, 1.807) is 0 Å². The zero-order valence-corrected chi connectivity index (χ0v) is 12.8. The molecule has 4 nitrogen and oxygen atoms in total. The number of nitrogens with two attached hydrogens (primary N) is 1. The van der Waals surface area contributed by atoms with E-state index in [2.05, 4.69) is 43.3 Å². The fourth-order valence-corrected chi connectivity index (χ4v) is 2.96. The van der Waals surface area contributed by atoms with Crippen LogP contribution in [0.5, 0.6) is 0 Å². The third kappa shape index (κ3) is 2.92. The maximum absolute atomic E-state index is 6.12. The highest BCUT2D eigenvalue weighted by atomic mass is 32.1. The lowest BCUT2D eigenvalue weighted by Crippen LogP contribution is -2.12. The van der Waals surface area contributed by atoms with E-state index in [1.165, 1.54) is 9.75 Å². The molecule has 0 aliphatic carbocycles. The van der Waals surface area contributed by atoms with Crippen LogP contribution in [0, 0.1) is 13.8 Å². The molecule has 104 valence electrons. The Morgan fingerprint density at radius 1 is 1.42 bits per heavy atom. The molecular weight excluding hydrogens is 256 g/mol. The summed E-state index contributed by atoms with van der Waals surface area (Å²) < 4.78 is 1.97. The number of nitrogen functional groups attached to an aromatic ring is 1. The van der Waals surface area contributed by atoms with Gasteiger partial charge in [-0.15, -0.1) is 11.3 Å². The van der Waals surface area contributed by atoms with E-state index in [1.807, 2.05) is 22.9 Å². The Labute approximate surface area is 118 Å². The maximum Gasteiger partial charge on any atom is 0.148 e. The van der Waals surface area contributed by atoms with Gasteiger partial charge in [-0.25, -0.2) is 4.68 Å². The Hall–Kier alpha value is -1.49. The zero-order valence-electron chi connectivity index (χ0n) is 12.0. The molecule has 0 aliphatic heterocycles. The van der Waals surface area contributed by atoms with Gasteiger partial charge in [-0.1, -0.05) is 6.92 Å². The molecule has 2 heterocycles. The number of hydrogen-bond donors (Lipinski definition) is 2. The Morgan fingerprint density at radius 3 is 2.74 bits per heavy atom. The summed E-state index contributed by atoms with van der Waals surface area (Å²) in [5.41, 5.74) is 7.77. The molecule has 3 N–H and O–H groups in total. The van der Waals surface area contributed by atoms with Gasteiger partial charge in [0.25, 0.3) is 0 Å². The van der Waals surface area contributed by atoms with E-state index in [-0.39, 0.29) is 6.04 Å². The van der Waals surface area contributed by atoms with Gasteiger partial charge in [0, 0.05) is 16.3 Å². The average Bonchev–Trinajstić information content (AvgIpc) is 2.90. The lowest BCUT2D eigenvalue weighted by molar-refractivity contribution is 0.599. The molecule has 2 aromatic rings. The highest BCUT2D eigenvalue weighted by Gasteiger charge is 2.15. The van der Waals surface area contributed by atoms with Gasteiger partial charge in [-0.3, -0.25) is 0 Å². The van der Waals surface area contributed by atoms with Crippen molar-refractivity contribution in [3.63, 3.8) is 0 Å². The summed E-state index contributed by atoms with van der Waals surface area (Å²) in [5, 5.41) is 7.98. The molecule has 0 bridgehead atoms. The monoisotopic (exact) mass is 278 g/mol. The van der Waals surface area contributed by atoms with Crippen molar-refractivity contribution in [2.45, 2.75) is 46.7 Å². The summed E-state index contributed by atoms with van der Waals surface area (Å²) in [4.78, 5) is 2.65. The van der Waals surface area contributed by atoms with Crippen molar-refractivity contribution in [1.82, 2.24) is 9.78 Å². The third-order valence-electron chi connectivity index (χ3n) is 3.15. The molecule has 0 aliphatic rings. The molecule has 0 spiro atoms. The molecule has 0 fully saturated rings. The fourth-order valence-electron chi connectivity index (χ4n) is 2.08. The lowest BCUT2D eigenvalue weighted by Gasteiger charge is -2.15. The molecule has 5 heteroatoms. The number of anilines is 2. The SMILES string of the molecule is CCCn1nc(C)c(N)c1NC(C)c1ccc(C)s1. The van der Waals surface area contributed by atoms with Gasteiger partial charge in [0.1, 0.15) is 5.82 Å². The number of hydrogen-bond acceptors (Lipinski definition) is 4. The normalized spacial score (nSPS) is 12.6. The Kier molecular flexibility index (Phi) is 4.14. The van der Waals surface area contributed by atoms with E-state index in [4.69, 9.17) is 5.73 Å². The van der Waals surface area contributed by atoms with Crippen molar-refractivity contribution >= 4 is 22.8 Å². The van der Waals surface area contributed by atoms with Crippen molar-refractivity contribution in [2.75, 3.05) is 11.1 Å². The van der Waals surface area contributed by atoms with Crippen LogP contribution in [0.4, 0.5) is 11.5 Å². The summed E-state index contributed by atoms with van der Waals surface area (Å²) >= 11 is 1.81. The predicted octanol–water partition coefficient (Wildman–Crippen LogP) is 3.73. The molecule has 1 atom stereocenters. The van der Waals surface area contributed by atoms with Crippen molar-refractivity contribution in [1.29, 1.82) is 0 Å². The molecule has 2 rings (SSSR count). The summed E-state index contributed by atoms with van der Waals surface area (Å²) in [7, 11) is 0. The van der Waals surface area contributed by atoms with Gasteiger partial charge >= 0.3 is 0 Å². The molecule has 2 aromatic heterocycles. The number of aryl methyl sites for hydroxylation is 3. The molecule has 0 amide bonds. The summed E-state index contributed by atoms with van der Waals surface area (Å²) in [6, 6.07) is 4.56. The number of nitrogens with one attached hydrogen (secondary N) is 1. The van der Waals surface area contributed by atoms with Crippen LogP contribution in [-0.2, 0) is 6.54 Å². The van der Waals surface area contributed by atoms with Gasteiger partial charge < -0.3 is 11.1 Å². The number of thiophene rings is 1. The second-order valence-electron chi connectivity index (χ2n) is 4.89. The standard InChI is InChI=1S/C14H22N4S/c1-5-8-18-14(13(15)11(4)17-18)16-10(3)12-7-6-9(2)19-12/h6-7,10,16H,5,8,15H2,1-4H3. The average molecular weight is 278 g/mol. The molecule has 0 radical (unpaired) electrons. The first kappa shape index (κ1) is 13.9. The first-order valence-electron chi connectivity index (χ1n) is 6.68. The minimum Gasteiger partial charge on any atom is -0.394 e. The van der Waals surface area contributed by atoms with Crippen molar-refractivity contribution in [3.8, 4) is 0 Å². The number of rotatable bonds is 5. The van der Waals surface area contributed by atoms with Crippen LogP contribution in [0.15, 0.2) is 12.1 Å².